The third-order valence-corrected chi connectivity index (χ3v) is 10.2. The van der Waals surface area contributed by atoms with Crippen molar-refractivity contribution >= 4 is 39.8 Å². The van der Waals surface area contributed by atoms with Crippen molar-refractivity contribution in [2.75, 3.05) is 61.5 Å². The van der Waals surface area contributed by atoms with Crippen molar-refractivity contribution in [2.45, 2.75) is 18.9 Å². The van der Waals surface area contributed by atoms with Crippen molar-refractivity contribution in [3.63, 3.8) is 0 Å². The molecule has 0 saturated carbocycles. The van der Waals surface area contributed by atoms with Gasteiger partial charge < -0.3 is 33.7 Å². The van der Waals surface area contributed by atoms with E-state index in [1.54, 1.807) is 37.4 Å². The summed E-state index contributed by atoms with van der Waals surface area (Å²) in [6.07, 6.45) is 0.971. The number of carbonyl (C=O) groups is 2. The van der Waals surface area contributed by atoms with Crippen molar-refractivity contribution in [2.24, 2.45) is 5.92 Å². The van der Waals surface area contributed by atoms with Crippen molar-refractivity contribution in [1.82, 2.24) is 9.47 Å². The second-order valence-corrected chi connectivity index (χ2v) is 13.3. The van der Waals surface area contributed by atoms with Crippen LogP contribution in [0.1, 0.15) is 38.7 Å². The maximum atomic E-state index is 13.9. The van der Waals surface area contributed by atoms with Crippen LogP contribution in [0.3, 0.4) is 0 Å². The van der Waals surface area contributed by atoms with Gasteiger partial charge in [0.15, 0.2) is 0 Å². The van der Waals surface area contributed by atoms with E-state index in [4.69, 9.17) is 9.15 Å². The number of nitrogens with zero attached hydrogens (tertiary/aromatic N) is 4. The van der Waals surface area contributed by atoms with Gasteiger partial charge in [0.2, 0.25) is 0 Å². The SMILES string of the molecule is COc1ccc(N2CCN(C(=O)c3ccc(N4CC5CC(C4)c4cccc(=O)n4C5)c(NC(=O)c4cc5ccccc5oc4=O)c3)CC2)cc1. The zero-order valence-corrected chi connectivity index (χ0v) is 27.7. The monoisotopic (exact) mass is 671 g/mol. The molecular weight excluding hydrogens is 634 g/mol. The smallest absolute Gasteiger partial charge is 0.349 e. The van der Waals surface area contributed by atoms with Gasteiger partial charge in [0.1, 0.15) is 16.9 Å². The molecule has 2 bridgehead atoms. The van der Waals surface area contributed by atoms with Crippen LogP contribution >= 0.6 is 0 Å². The number of piperidine rings is 1. The third kappa shape index (κ3) is 5.89. The summed E-state index contributed by atoms with van der Waals surface area (Å²) in [5, 5.41) is 3.61. The summed E-state index contributed by atoms with van der Waals surface area (Å²) in [4.78, 5) is 59.6. The molecule has 2 aromatic heterocycles. The highest BCUT2D eigenvalue weighted by atomic mass is 16.5. The van der Waals surface area contributed by atoms with Gasteiger partial charge in [-0.25, -0.2) is 4.79 Å². The molecule has 11 heteroatoms. The first-order valence-corrected chi connectivity index (χ1v) is 17.0. The zero-order chi connectivity index (χ0) is 34.4. The molecule has 5 aromatic rings. The van der Waals surface area contributed by atoms with Crippen LogP contribution < -0.4 is 31.0 Å². The molecule has 50 heavy (non-hydrogen) atoms. The summed E-state index contributed by atoms with van der Waals surface area (Å²) >= 11 is 0. The first kappa shape index (κ1) is 31.4. The van der Waals surface area contributed by atoms with Gasteiger partial charge in [-0.2, -0.15) is 0 Å². The number of hydrogen-bond acceptors (Lipinski definition) is 8. The van der Waals surface area contributed by atoms with Gasteiger partial charge in [-0.3, -0.25) is 14.4 Å². The van der Waals surface area contributed by atoms with E-state index >= 15 is 0 Å². The Morgan fingerprint density at radius 2 is 1.62 bits per heavy atom. The number of para-hydroxylation sites is 1. The molecule has 5 heterocycles. The minimum atomic E-state index is -0.737. The Morgan fingerprint density at radius 1 is 0.820 bits per heavy atom. The van der Waals surface area contributed by atoms with Crippen LogP contribution in [0.2, 0.25) is 0 Å². The predicted octanol–water partition coefficient (Wildman–Crippen LogP) is 4.80. The molecule has 11 nitrogen and oxygen atoms in total. The van der Waals surface area contributed by atoms with E-state index in [2.05, 4.69) is 15.1 Å². The van der Waals surface area contributed by atoms with Crippen LogP contribution in [0.15, 0.2) is 105 Å². The Labute approximate surface area is 288 Å². The summed E-state index contributed by atoms with van der Waals surface area (Å²) < 4.78 is 12.6. The molecule has 2 unspecified atom stereocenters. The minimum absolute atomic E-state index is 0.0144. The second kappa shape index (κ2) is 12.9. The number of pyridine rings is 1. The Bertz CT molecular complexity index is 2220. The standard InChI is InChI=1S/C39H37N5O6/c1-49-30-12-10-29(11-13-30)41-15-17-42(18-16-41)38(47)27-9-14-34(43-22-25-19-28(24-43)33-6-4-8-36(45)44(33)23-25)32(21-27)40-37(46)31-20-26-5-2-3-7-35(26)50-39(31)48/h2-14,20-21,25,28H,15-19,22-24H2,1H3,(H,40,46). The maximum absolute atomic E-state index is 13.9. The van der Waals surface area contributed by atoms with E-state index in [0.29, 0.717) is 68.0 Å². The topological polar surface area (TPSA) is 117 Å². The molecule has 0 spiro atoms. The molecule has 254 valence electrons. The van der Waals surface area contributed by atoms with Gasteiger partial charge >= 0.3 is 5.63 Å². The number of ether oxygens (including phenoxy) is 1. The molecule has 2 atom stereocenters. The Hall–Kier alpha value is -5.84. The molecule has 8 rings (SSSR count). The Morgan fingerprint density at radius 3 is 2.42 bits per heavy atom. The Balaban J connectivity index is 1.08. The molecule has 2 saturated heterocycles. The van der Waals surface area contributed by atoms with E-state index in [-0.39, 0.29) is 28.9 Å². The number of piperazine rings is 1. The summed E-state index contributed by atoms with van der Waals surface area (Å²) in [5.41, 5.74) is 3.28. The molecule has 3 aliphatic heterocycles. The molecule has 3 aromatic carbocycles. The van der Waals surface area contributed by atoms with Crippen LogP contribution in [0.4, 0.5) is 17.1 Å². The summed E-state index contributed by atoms with van der Waals surface area (Å²) in [6.45, 7) is 4.39. The summed E-state index contributed by atoms with van der Waals surface area (Å²) in [6, 6.07) is 27.3. The lowest BCUT2D eigenvalue weighted by atomic mass is 9.83. The zero-order valence-electron chi connectivity index (χ0n) is 27.7. The minimum Gasteiger partial charge on any atom is -0.497 e. The highest BCUT2D eigenvalue weighted by molar-refractivity contribution is 6.08. The van der Waals surface area contributed by atoms with Crippen molar-refractivity contribution in [3.05, 3.63) is 129 Å². The van der Waals surface area contributed by atoms with Gasteiger partial charge in [-0.1, -0.05) is 24.3 Å². The molecule has 2 amide bonds. The average Bonchev–Trinajstić information content (AvgIpc) is 3.14. The van der Waals surface area contributed by atoms with Gasteiger partial charge in [-0.05, 0) is 73.0 Å². The number of rotatable bonds is 6. The normalized spacial score (nSPS) is 18.5. The maximum Gasteiger partial charge on any atom is 0.349 e. The van der Waals surface area contributed by atoms with Crippen LogP contribution in [0.5, 0.6) is 5.75 Å². The van der Waals surface area contributed by atoms with Crippen molar-refractivity contribution in [1.29, 1.82) is 0 Å². The van der Waals surface area contributed by atoms with Gasteiger partial charge in [0.25, 0.3) is 17.4 Å². The van der Waals surface area contributed by atoms with E-state index in [9.17, 15) is 19.2 Å². The molecule has 1 N–H and O–H groups in total. The number of hydrogen-bond donors (Lipinski definition) is 1. The van der Waals surface area contributed by atoms with Crippen LogP contribution in [-0.2, 0) is 6.54 Å². The highest BCUT2D eigenvalue weighted by Crippen LogP contribution is 2.39. The van der Waals surface area contributed by atoms with Gasteiger partial charge in [-0.15, -0.1) is 0 Å². The average molecular weight is 672 g/mol. The lowest BCUT2D eigenvalue weighted by molar-refractivity contribution is 0.0746. The number of aromatic nitrogens is 1. The molecule has 0 aliphatic carbocycles. The number of fused-ring (bicyclic) bond motifs is 5. The largest absolute Gasteiger partial charge is 0.497 e. The van der Waals surface area contributed by atoms with E-state index in [0.717, 1.165) is 29.2 Å². The van der Waals surface area contributed by atoms with E-state index in [1.807, 2.05) is 64.1 Å². The number of carbonyl (C=O) groups excluding carboxylic acids is 2. The number of anilines is 3. The van der Waals surface area contributed by atoms with Crippen molar-refractivity contribution in [3.8, 4) is 5.75 Å². The summed E-state index contributed by atoms with van der Waals surface area (Å²) in [5.74, 6) is 0.424. The highest BCUT2D eigenvalue weighted by Gasteiger charge is 2.36. The quantitative estimate of drug-likeness (QED) is 0.256. The lowest BCUT2D eigenvalue weighted by Crippen LogP contribution is -2.49. The fraction of sp³-hybridized carbons (Fsp3) is 0.282. The number of amides is 2. The van der Waals surface area contributed by atoms with Crippen LogP contribution in [0.25, 0.3) is 11.0 Å². The predicted molar refractivity (Wildman–Crippen MR) is 192 cm³/mol. The van der Waals surface area contributed by atoms with Crippen LogP contribution in [0, 0.1) is 5.92 Å². The fourth-order valence-electron chi connectivity index (χ4n) is 7.69. The third-order valence-electron chi connectivity index (χ3n) is 10.2. The molecular formula is C39H37N5O6. The van der Waals surface area contributed by atoms with E-state index in [1.165, 1.54) is 6.07 Å². The van der Waals surface area contributed by atoms with Crippen molar-refractivity contribution < 1.29 is 18.7 Å². The second-order valence-electron chi connectivity index (χ2n) is 13.3. The van der Waals surface area contributed by atoms with Gasteiger partial charge in [0, 0.05) is 80.1 Å². The van der Waals surface area contributed by atoms with E-state index < -0.39 is 11.5 Å². The number of methoxy groups -OCH3 is 1. The van der Waals surface area contributed by atoms with Gasteiger partial charge in [0.05, 0.1) is 18.5 Å². The lowest BCUT2D eigenvalue weighted by Gasteiger charge is -2.44. The number of nitrogens with one attached hydrogen (secondary N) is 1. The molecule has 0 radical (unpaired) electrons. The molecule has 2 fully saturated rings. The first-order chi connectivity index (χ1) is 24.3. The fourth-order valence-corrected chi connectivity index (χ4v) is 7.69. The molecule has 3 aliphatic rings. The Kier molecular flexibility index (Phi) is 8.10. The first-order valence-electron chi connectivity index (χ1n) is 17.0. The number of benzene rings is 3. The summed E-state index contributed by atoms with van der Waals surface area (Å²) in [7, 11) is 1.64. The van der Waals surface area contributed by atoms with Crippen LogP contribution in [-0.4, -0.2) is 67.7 Å².